The van der Waals surface area contributed by atoms with Gasteiger partial charge >= 0.3 is 23.1 Å². The first-order valence-electron chi connectivity index (χ1n) is 3.39. The second-order valence-electron chi connectivity index (χ2n) is 1.63. The molecule has 0 aliphatic carbocycles. The molecule has 0 aliphatic heterocycles. The van der Waals surface area contributed by atoms with E-state index < -0.39 is 0 Å². The minimum Gasteiger partial charge on any atom is -1.00 e. The van der Waals surface area contributed by atoms with Gasteiger partial charge in [-0.3, -0.25) is 0 Å². The Balaban J connectivity index is -0.0000000240. The van der Waals surface area contributed by atoms with Gasteiger partial charge in [-0.05, 0) is 7.11 Å². The first-order chi connectivity index (χ1) is 5.24. The molecule has 0 atom stereocenters. The van der Waals surface area contributed by atoms with Gasteiger partial charge in [0.15, 0.2) is 0 Å². The topological polar surface area (TPSA) is 27.7 Å². The van der Waals surface area contributed by atoms with E-state index in [0.29, 0.717) is 0 Å². The third kappa shape index (κ3) is 179. The molecule has 0 bridgehead atoms. The van der Waals surface area contributed by atoms with Crippen LogP contribution in [0.15, 0.2) is 0 Å². The minimum absolute atomic E-state index is 0. The maximum absolute atomic E-state index is 4.57. The molecular weight excluding hydrogens is 204 g/mol. The quantitative estimate of drug-likeness (QED) is 0.416. The molecule has 0 aliphatic rings. The van der Waals surface area contributed by atoms with Crippen molar-refractivity contribution in [2.24, 2.45) is 0 Å². The van der Waals surface area contributed by atoms with E-state index in [1.165, 1.54) is 0 Å². The standard InChI is InChI=1S/C4H9O.2C2H6O.ClH.Mg/c1-3-4-5-2;2*1-3-2;;/h4H,3H2,1-2H3;2*1-2H3;1H;/q-1;;;;+2/p-1. The van der Waals surface area contributed by atoms with Crippen LogP contribution in [0.25, 0.3) is 0 Å². The Hall–Kier alpha value is 0.936. The summed E-state index contributed by atoms with van der Waals surface area (Å²) in [6.07, 6.45) is 0.997. The van der Waals surface area contributed by atoms with Gasteiger partial charge in [-0.1, -0.05) is 6.92 Å². The first-order valence-corrected chi connectivity index (χ1v) is 3.39. The normalized spacial score (nSPS) is 6.00. The molecule has 0 saturated carbocycles. The maximum atomic E-state index is 4.57. The van der Waals surface area contributed by atoms with Gasteiger partial charge in [-0.15, -0.1) is 0 Å². The summed E-state index contributed by atoms with van der Waals surface area (Å²) in [6, 6.07) is 0. The Labute approximate surface area is 105 Å². The van der Waals surface area contributed by atoms with Crippen LogP contribution in [0.5, 0.6) is 0 Å². The first kappa shape index (κ1) is 29.2. The molecule has 0 fully saturated rings. The van der Waals surface area contributed by atoms with Crippen molar-refractivity contribution >= 4 is 23.1 Å². The summed E-state index contributed by atoms with van der Waals surface area (Å²) in [6.45, 7) is 3.78. The number of rotatable bonds is 2. The fraction of sp³-hybridized carbons (Fsp3) is 0.875. The van der Waals surface area contributed by atoms with Gasteiger partial charge in [0.1, 0.15) is 0 Å². The van der Waals surface area contributed by atoms with Crippen LogP contribution in [0.2, 0.25) is 0 Å². The summed E-state index contributed by atoms with van der Waals surface area (Å²) in [5.74, 6) is 0. The van der Waals surface area contributed by atoms with E-state index in [1.54, 1.807) is 42.2 Å². The van der Waals surface area contributed by atoms with Crippen LogP contribution in [0.1, 0.15) is 13.3 Å². The van der Waals surface area contributed by atoms with Crippen LogP contribution in [0.3, 0.4) is 0 Å². The second-order valence-corrected chi connectivity index (χ2v) is 1.63. The van der Waals surface area contributed by atoms with Crippen molar-refractivity contribution in [1.29, 1.82) is 0 Å². The molecule has 3 nitrogen and oxygen atoms in total. The molecule has 0 unspecified atom stereocenters. The Morgan fingerprint density at radius 1 is 0.923 bits per heavy atom. The predicted octanol–water partition coefficient (Wildman–Crippen LogP) is -1.65. The van der Waals surface area contributed by atoms with E-state index in [0.717, 1.165) is 6.42 Å². The molecular formula is C8H21ClMgO3. The van der Waals surface area contributed by atoms with Gasteiger partial charge in [0.05, 0.1) is 0 Å². The van der Waals surface area contributed by atoms with Gasteiger partial charge in [-0.2, -0.15) is 6.42 Å². The summed E-state index contributed by atoms with van der Waals surface area (Å²) in [5.41, 5.74) is 0. The summed E-state index contributed by atoms with van der Waals surface area (Å²) >= 11 is 0. The SMILES string of the molecule is CC[CH-]OC.COC.COC.[Cl-].[Mg+2]. The Kier molecular flexibility index (Phi) is 117. The largest absolute Gasteiger partial charge is 2.00 e. The number of halogens is 1. The van der Waals surface area contributed by atoms with Crippen LogP contribution >= 0.6 is 0 Å². The average molecular weight is 225 g/mol. The number of hydrogen-bond acceptors (Lipinski definition) is 3. The van der Waals surface area contributed by atoms with E-state index in [-0.39, 0.29) is 35.5 Å². The molecule has 0 N–H and O–H groups in total. The molecule has 0 aromatic heterocycles. The zero-order valence-corrected chi connectivity index (χ0v) is 11.8. The number of methoxy groups -OCH3 is 3. The number of ether oxygens (including phenoxy) is 3. The van der Waals surface area contributed by atoms with Crippen LogP contribution in [0, 0.1) is 6.61 Å². The smallest absolute Gasteiger partial charge is 1.00 e. The van der Waals surface area contributed by atoms with Crippen LogP contribution in [0.4, 0.5) is 0 Å². The minimum atomic E-state index is 0. The van der Waals surface area contributed by atoms with Gasteiger partial charge in [0.2, 0.25) is 0 Å². The van der Waals surface area contributed by atoms with Crippen molar-refractivity contribution in [3.05, 3.63) is 6.61 Å². The summed E-state index contributed by atoms with van der Waals surface area (Å²) < 4.78 is 13.1. The van der Waals surface area contributed by atoms with Crippen molar-refractivity contribution in [2.45, 2.75) is 13.3 Å². The molecule has 0 saturated heterocycles. The van der Waals surface area contributed by atoms with Gasteiger partial charge in [0, 0.05) is 28.4 Å². The van der Waals surface area contributed by atoms with E-state index >= 15 is 0 Å². The van der Waals surface area contributed by atoms with Crippen LogP contribution in [-0.2, 0) is 14.2 Å². The molecule has 0 heterocycles. The number of hydrogen-bond donors (Lipinski definition) is 0. The summed E-state index contributed by atoms with van der Waals surface area (Å²) in [5, 5.41) is 0. The predicted molar refractivity (Wildman–Crippen MR) is 53.2 cm³/mol. The van der Waals surface area contributed by atoms with Crippen molar-refractivity contribution < 1.29 is 26.6 Å². The van der Waals surface area contributed by atoms with E-state index in [1.807, 2.05) is 6.92 Å². The molecule has 0 aromatic carbocycles. The fourth-order valence-corrected chi connectivity index (χ4v) is 0.167. The van der Waals surface area contributed by atoms with E-state index in [9.17, 15) is 0 Å². The van der Waals surface area contributed by atoms with Crippen LogP contribution < -0.4 is 12.4 Å². The van der Waals surface area contributed by atoms with E-state index in [4.69, 9.17) is 0 Å². The molecule has 0 spiro atoms. The summed E-state index contributed by atoms with van der Waals surface area (Å²) in [4.78, 5) is 0. The van der Waals surface area contributed by atoms with Crippen molar-refractivity contribution in [1.82, 2.24) is 0 Å². The fourth-order valence-electron chi connectivity index (χ4n) is 0.167. The molecule has 0 amide bonds. The Bertz CT molecular complexity index is 38.6. The maximum Gasteiger partial charge on any atom is 2.00 e. The van der Waals surface area contributed by atoms with Crippen molar-refractivity contribution in [3.63, 3.8) is 0 Å². The molecule has 0 aromatic rings. The molecule has 13 heavy (non-hydrogen) atoms. The zero-order chi connectivity index (χ0) is 9.54. The zero-order valence-electron chi connectivity index (χ0n) is 9.59. The average Bonchev–Trinajstić information content (AvgIpc) is 1.92. The Morgan fingerprint density at radius 3 is 1.15 bits per heavy atom. The monoisotopic (exact) mass is 224 g/mol. The van der Waals surface area contributed by atoms with Crippen molar-refractivity contribution in [2.75, 3.05) is 35.5 Å². The molecule has 80 valence electrons. The molecule has 5 heteroatoms. The van der Waals surface area contributed by atoms with Gasteiger partial charge in [-0.25, -0.2) is 6.61 Å². The van der Waals surface area contributed by atoms with E-state index in [2.05, 4.69) is 14.2 Å². The van der Waals surface area contributed by atoms with Crippen molar-refractivity contribution in [3.8, 4) is 0 Å². The third-order valence-corrected chi connectivity index (χ3v) is 0.333. The molecule has 0 radical (unpaired) electrons. The Morgan fingerprint density at radius 2 is 1.15 bits per heavy atom. The van der Waals surface area contributed by atoms with Gasteiger partial charge < -0.3 is 26.6 Å². The summed E-state index contributed by atoms with van der Waals surface area (Å²) in [7, 11) is 8.16. The molecule has 0 rings (SSSR count). The second kappa shape index (κ2) is 52.3. The van der Waals surface area contributed by atoms with Gasteiger partial charge in [0.25, 0.3) is 0 Å². The third-order valence-electron chi connectivity index (χ3n) is 0.333. The van der Waals surface area contributed by atoms with Crippen LogP contribution in [-0.4, -0.2) is 58.6 Å².